The van der Waals surface area contributed by atoms with Crippen molar-refractivity contribution in [1.82, 2.24) is 4.90 Å². The first-order valence-corrected chi connectivity index (χ1v) is 6.84. The standard InChI is InChI=1S/C14H15Cl2NO4/c1-3-20-7-5-17(6-8-21-4-2)13-12(16)11(18)9-10(15)14(13)19/h3-4,9H,1-2,5-8H2. The predicted molar refractivity (Wildman–Crippen MR) is 80.7 cm³/mol. The van der Waals surface area contributed by atoms with Crippen molar-refractivity contribution in [2.45, 2.75) is 0 Å². The van der Waals surface area contributed by atoms with Gasteiger partial charge in [-0.15, -0.1) is 0 Å². The van der Waals surface area contributed by atoms with E-state index in [2.05, 4.69) is 13.2 Å². The van der Waals surface area contributed by atoms with Gasteiger partial charge in [0.25, 0.3) is 0 Å². The Morgan fingerprint density at radius 2 is 1.62 bits per heavy atom. The van der Waals surface area contributed by atoms with Gasteiger partial charge in [0.05, 0.1) is 30.6 Å². The lowest BCUT2D eigenvalue weighted by atomic mass is 10.1. The normalized spacial score (nSPS) is 14.7. The van der Waals surface area contributed by atoms with Crippen molar-refractivity contribution in [3.05, 3.63) is 47.5 Å². The number of hydrogen-bond acceptors (Lipinski definition) is 5. The zero-order valence-corrected chi connectivity index (χ0v) is 12.8. The average molecular weight is 332 g/mol. The van der Waals surface area contributed by atoms with Crippen LogP contribution in [0.25, 0.3) is 0 Å². The van der Waals surface area contributed by atoms with E-state index < -0.39 is 11.6 Å². The molecular formula is C14H15Cl2NO4. The zero-order valence-electron chi connectivity index (χ0n) is 11.3. The summed E-state index contributed by atoms with van der Waals surface area (Å²) in [7, 11) is 0. The third kappa shape index (κ3) is 4.65. The number of ether oxygens (including phenoxy) is 2. The van der Waals surface area contributed by atoms with Crippen LogP contribution < -0.4 is 0 Å². The molecule has 0 aliphatic heterocycles. The molecule has 0 radical (unpaired) electrons. The lowest BCUT2D eigenvalue weighted by Crippen LogP contribution is -2.36. The number of nitrogens with zero attached hydrogens (tertiary/aromatic N) is 1. The maximum atomic E-state index is 12.1. The van der Waals surface area contributed by atoms with Crippen LogP contribution >= 0.6 is 23.2 Å². The van der Waals surface area contributed by atoms with E-state index in [1.54, 1.807) is 4.90 Å². The first-order valence-electron chi connectivity index (χ1n) is 6.08. The summed E-state index contributed by atoms with van der Waals surface area (Å²) in [6, 6.07) is 0. The number of carbonyl (C=O) groups excluding carboxylic acids is 2. The first-order chi connectivity index (χ1) is 10.0. The molecule has 0 aromatic carbocycles. The monoisotopic (exact) mass is 331 g/mol. The van der Waals surface area contributed by atoms with Gasteiger partial charge in [-0.2, -0.15) is 0 Å². The van der Waals surface area contributed by atoms with Crippen LogP contribution in [0.3, 0.4) is 0 Å². The van der Waals surface area contributed by atoms with E-state index in [0.29, 0.717) is 13.1 Å². The zero-order chi connectivity index (χ0) is 15.8. The fourth-order valence-corrected chi connectivity index (χ4v) is 2.13. The van der Waals surface area contributed by atoms with Gasteiger partial charge in [-0.1, -0.05) is 36.4 Å². The molecule has 0 saturated carbocycles. The van der Waals surface area contributed by atoms with E-state index in [-0.39, 0.29) is 29.0 Å². The van der Waals surface area contributed by atoms with Crippen LogP contribution in [0.1, 0.15) is 0 Å². The molecular weight excluding hydrogens is 317 g/mol. The summed E-state index contributed by atoms with van der Waals surface area (Å²) >= 11 is 11.7. The number of hydrogen-bond donors (Lipinski definition) is 0. The topological polar surface area (TPSA) is 55.8 Å². The summed E-state index contributed by atoms with van der Waals surface area (Å²) in [6.07, 6.45) is 3.58. The Morgan fingerprint density at radius 1 is 1.10 bits per heavy atom. The van der Waals surface area contributed by atoms with Crippen molar-refractivity contribution in [3.8, 4) is 0 Å². The molecule has 0 bridgehead atoms. The Bertz CT molecular complexity index is 497. The quantitative estimate of drug-likeness (QED) is 0.368. The maximum Gasteiger partial charge on any atom is 0.222 e. The van der Waals surface area contributed by atoms with Crippen molar-refractivity contribution < 1.29 is 19.1 Å². The molecule has 21 heavy (non-hydrogen) atoms. The molecule has 0 fully saturated rings. The highest BCUT2D eigenvalue weighted by atomic mass is 35.5. The Balaban J connectivity index is 2.95. The highest BCUT2D eigenvalue weighted by Crippen LogP contribution is 2.26. The third-order valence-electron chi connectivity index (χ3n) is 2.62. The third-order valence-corrected chi connectivity index (χ3v) is 3.27. The molecule has 0 aromatic rings. The van der Waals surface area contributed by atoms with Gasteiger partial charge in [-0.25, -0.2) is 0 Å². The van der Waals surface area contributed by atoms with Gasteiger partial charge in [0, 0.05) is 6.08 Å². The van der Waals surface area contributed by atoms with Crippen molar-refractivity contribution in [1.29, 1.82) is 0 Å². The molecule has 1 rings (SSSR count). The van der Waals surface area contributed by atoms with Crippen molar-refractivity contribution in [3.63, 3.8) is 0 Å². The number of allylic oxidation sites excluding steroid dienone is 3. The minimum Gasteiger partial charge on any atom is -0.500 e. The second-order valence-electron chi connectivity index (χ2n) is 3.91. The molecule has 7 heteroatoms. The Kier molecular flexibility index (Phi) is 7.05. The van der Waals surface area contributed by atoms with Gasteiger partial charge in [0.1, 0.15) is 23.9 Å². The average Bonchev–Trinajstić information content (AvgIpc) is 2.45. The van der Waals surface area contributed by atoms with Crippen LogP contribution in [-0.2, 0) is 19.1 Å². The minimum absolute atomic E-state index is 0.0505. The van der Waals surface area contributed by atoms with Gasteiger partial charge in [-0.05, 0) is 0 Å². The predicted octanol–water partition coefficient (Wildman–Crippen LogP) is 2.33. The second-order valence-corrected chi connectivity index (χ2v) is 4.70. The summed E-state index contributed by atoms with van der Waals surface area (Å²) < 4.78 is 10.1. The van der Waals surface area contributed by atoms with Crippen LogP contribution in [0.2, 0.25) is 0 Å². The minimum atomic E-state index is -0.504. The number of Topliss-reactive ketones (excluding diaryl/α,β-unsaturated/α-hetero) is 1. The molecule has 0 heterocycles. The van der Waals surface area contributed by atoms with Gasteiger partial charge in [0.2, 0.25) is 11.6 Å². The summed E-state index contributed by atoms with van der Waals surface area (Å²) in [4.78, 5) is 25.4. The molecule has 0 amide bonds. The van der Waals surface area contributed by atoms with Crippen LogP contribution in [0.4, 0.5) is 0 Å². The Morgan fingerprint density at radius 3 is 2.10 bits per heavy atom. The first kappa shape index (κ1) is 17.3. The SMILES string of the molecule is C=COCCN(CCOC=C)C1=C(Cl)C(=O)C=C(Cl)C1=O. The van der Waals surface area contributed by atoms with E-state index in [4.69, 9.17) is 32.7 Å². The van der Waals surface area contributed by atoms with Crippen LogP contribution in [0.15, 0.2) is 47.5 Å². The van der Waals surface area contributed by atoms with E-state index in [1.165, 1.54) is 12.5 Å². The molecule has 5 nitrogen and oxygen atoms in total. The van der Waals surface area contributed by atoms with Crippen molar-refractivity contribution >= 4 is 34.8 Å². The molecule has 1 aliphatic carbocycles. The molecule has 0 spiro atoms. The van der Waals surface area contributed by atoms with E-state index in [1.807, 2.05) is 0 Å². The fraction of sp³-hybridized carbons (Fsp3) is 0.286. The summed E-state index contributed by atoms with van der Waals surface area (Å²) in [5, 5.41) is -0.333. The van der Waals surface area contributed by atoms with Crippen LogP contribution in [-0.4, -0.2) is 42.8 Å². The van der Waals surface area contributed by atoms with Gasteiger partial charge < -0.3 is 14.4 Å². The summed E-state index contributed by atoms with van der Waals surface area (Å²) in [5.74, 6) is -1.01. The molecule has 0 aromatic heterocycles. The Hall–Kier alpha value is -1.72. The highest BCUT2D eigenvalue weighted by molar-refractivity contribution is 6.54. The van der Waals surface area contributed by atoms with Gasteiger partial charge in [0.15, 0.2) is 0 Å². The van der Waals surface area contributed by atoms with Gasteiger partial charge >= 0.3 is 0 Å². The van der Waals surface area contributed by atoms with E-state index in [0.717, 1.165) is 6.08 Å². The molecule has 0 saturated heterocycles. The van der Waals surface area contributed by atoms with E-state index in [9.17, 15) is 9.59 Å². The molecule has 0 atom stereocenters. The maximum absolute atomic E-state index is 12.1. The largest absolute Gasteiger partial charge is 0.500 e. The van der Waals surface area contributed by atoms with Gasteiger partial charge in [-0.3, -0.25) is 9.59 Å². The molecule has 114 valence electrons. The number of rotatable bonds is 9. The smallest absolute Gasteiger partial charge is 0.222 e. The second kappa shape index (κ2) is 8.54. The molecule has 1 aliphatic rings. The molecule has 0 N–H and O–H groups in total. The summed E-state index contributed by atoms with van der Waals surface area (Å²) in [6.45, 7) is 8.05. The van der Waals surface area contributed by atoms with E-state index >= 15 is 0 Å². The summed E-state index contributed by atoms with van der Waals surface area (Å²) in [5.41, 5.74) is 0.0505. The Labute approximate surface area is 133 Å². The van der Waals surface area contributed by atoms with Crippen molar-refractivity contribution in [2.24, 2.45) is 0 Å². The van der Waals surface area contributed by atoms with Crippen LogP contribution in [0, 0.1) is 0 Å². The highest BCUT2D eigenvalue weighted by Gasteiger charge is 2.30. The number of carbonyl (C=O) groups is 2. The van der Waals surface area contributed by atoms with Crippen LogP contribution in [0.5, 0.6) is 0 Å². The number of halogens is 2. The lowest BCUT2D eigenvalue weighted by Gasteiger charge is -2.28. The molecule has 0 unspecified atom stereocenters. The number of ketones is 2. The lowest BCUT2D eigenvalue weighted by molar-refractivity contribution is -0.116. The van der Waals surface area contributed by atoms with Crippen molar-refractivity contribution in [2.75, 3.05) is 26.3 Å². The fourth-order valence-electron chi connectivity index (χ4n) is 1.68.